The first kappa shape index (κ1) is 20.6. The molecule has 1 rings (SSSR count). The van der Waals surface area contributed by atoms with Gasteiger partial charge in [0.15, 0.2) is 0 Å². The van der Waals surface area contributed by atoms with Gasteiger partial charge in [-0.2, -0.15) is 13.2 Å². The van der Waals surface area contributed by atoms with Gasteiger partial charge in [-0.15, -0.1) is 0 Å². The molecule has 0 spiro atoms. The highest BCUT2D eigenvalue weighted by atomic mass is 19.4. The van der Waals surface area contributed by atoms with Crippen molar-refractivity contribution < 1.29 is 22.0 Å². The Morgan fingerprint density at radius 1 is 0.952 bits per heavy atom. The van der Waals surface area contributed by atoms with E-state index >= 15 is 0 Å². The minimum Gasteiger partial charge on any atom is -0.301 e. The lowest BCUT2D eigenvalue weighted by molar-refractivity contribution is -0.219. The van der Waals surface area contributed by atoms with Crippen LogP contribution < -0.4 is 0 Å². The molecule has 6 heteroatoms. The number of likely N-dealkylation sites (tertiary alicyclic amines) is 1. The first-order valence-electron chi connectivity index (χ1n) is 7.88. The third kappa shape index (κ3) is 10.9. The number of unbranched alkanes of at least 4 members (excludes halogenated alkanes) is 4. The van der Waals surface area contributed by atoms with Crippen molar-refractivity contribution in [2.75, 3.05) is 13.1 Å². The van der Waals surface area contributed by atoms with E-state index in [1.54, 1.807) is 0 Å². The Bertz CT molecular complexity index is 237. The molecule has 0 aliphatic carbocycles. The molecular formula is C15H28F5N. The van der Waals surface area contributed by atoms with Gasteiger partial charge >= 0.3 is 12.6 Å². The molecule has 0 saturated carbocycles. The number of nitrogens with zero attached hydrogens (tertiary/aromatic N) is 1. The van der Waals surface area contributed by atoms with Gasteiger partial charge in [0.05, 0.1) is 0 Å². The van der Waals surface area contributed by atoms with Crippen LogP contribution in [0.5, 0.6) is 0 Å². The van der Waals surface area contributed by atoms with E-state index in [0.717, 1.165) is 6.04 Å². The standard InChI is InChI=1S/C13H27N.C2HF5/c1-3-4-5-6-7-10-13(2)14-11-8-9-12-14;3-1(4)2(5,6)7/h13H,3-12H2,1-2H3;1H/t13-;/m0./s1. The Morgan fingerprint density at radius 3 is 1.86 bits per heavy atom. The molecule has 1 heterocycles. The fourth-order valence-corrected chi connectivity index (χ4v) is 2.41. The maximum atomic E-state index is 10.4. The maximum absolute atomic E-state index is 10.4. The number of halogens is 5. The maximum Gasteiger partial charge on any atom is 0.450 e. The lowest BCUT2D eigenvalue weighted by Crippen LogP contribution is -2.29. The molecule has 0 N–H and O–H groups in total. The molecule has 0 aromatic carbocycles. The second-order valence-corrected chi connectivity index (χ2v) is 5.64. The van der Waals surface area contributed by atoms with Gasteiger partial charge in [0.2, 0.25) is 0 Å². The third-order valence-corrected chi connectivity index (χ3v) is 3.74. The summed E-state index contributed by atoms with van der Waals surface area (Å²) in [5, 5.41) is 0. The molecule has 0 aromatic heterocycles. The summed E-state index contributed by atoms with van der Waals surface area (Å²) < 4.78 is 52.1. The zero-order valence-electron chi connectivity index (χ0n) is 13.1. The first-order valence-corrected chi connectivity index (χ1v) is 7.88. The Kier molecular flexibility index (Phi) is 11.0. The predicted molar refractivity (Wildman–Crippen MR) is 75.7 cm³/mol. The number of hydrogen-bond acceptors (Lipinski definition) is 1. The number of alkyl halides is 5. The lowest BCUT2D eigenvalue weighted by atomic mass is 10.1. The van der Waals surface area contributed by atoms with Gasteiger partial charge in [-0.05, 0) is 39.3 Å². The summed E-state index contributed by atoms with van der Waals surface area (Å²) in [6.45, 7) is 7.41. The van der Waals surface area contributed by atoms with Crippen molar-refractivity contribution in [3.63, 3.8) is 0 Å². The summed E-state index contributed by atoms with van der Waals surface area (Å²) in [7, 11) is 0. The molecule has 0 radical (unpaired) electrons. The minimum absolute atomic E-state index is 0.846. The molecule has 1 aliphatic heterocycles. The van der Waals surface area contributed by atoms with E-state index in [9.17, 15) is 22.0 Å². The number of rotatable bonds is 7. The van der Waals surface area contributed by atoms with Crippen LogP contribution in [0, 0.1) is 0 Å². The van der Waals surface area contributed by atoms with Crippen molar-refractivity contribution in [1.29, 1.82) is 0 Å². The van der Waals surface area contributed by atoms with Crippen LogP contribution in [0.1, 0.15) is 65.2 Å². The zero-order chi connectivity index (χ0) is 16.3. The topological polar surface area (TPSA) is 3.24 Å². The summed E-state index contributed by atoms with van der Waals surface area (Å²) in [6.07, 6.45) is 1.88. The highest BCUT2D eigenvalue weighted by molar-refractivity contribution is 4.72. The van der Waals surface area contributed by atoms with Gasteiger partial charge in [-0.25, -0.2) is 8.78 Å². The largest absolute Gasteiger partial charge is 0.450 e. The minimum atomic E-state index is -5.33. The van der Waals surface area contributed by atoms with E-state index in [1.165, 1.54) is 64.5 Å². The third-order valence-electron chi connectivity index (χ3n) is 3.74. The molecule has 1 aliphatic rings. The van der Waals surface area contributed by atoms with Crippen LogP contribution in [-0.2, 0) is 0 Å². The molecule has 1 nitrogen and oxygen atoms in total. The second-order valence-electron chi connectivity index (χ2n) is 5.64. The van der Waals surface area contributed by atoms with Gasteiger partial charge in [0.1, 0.15) is 0 Å². The Morgan fingerprint density at radius 2 is 1.43 bits per heavy atom. The molecule has 0 aromatic rings. The van der Waals surface area contributed by atoms with Crippen molar-refractivity contribution in [1.82, 2.24) is 4.90 Å². The fraction of sp³-hybridized carbons (Fsp3) is 1.00. The van der Waals surface area contributed by atoms with Crippen LogP contribution in [-0.4, -0.2) is 36.6 Å². The van der Waals surface area contributed by atoms with Crippen molar-refractivity contribution in [3.05, 3.63) is 0 Å². The average Bonchev–Trinajstić information content (AvgIpc) is 2.92. The van der Waals surface area contributed by atoms with Crippen molar-refractivity contribution in [2.45, 2.75) is 83.9 Å². The number of hydrogen-bond donors (Lipinski definition) is 0. The van der Waals surface area contributed by atoms with E-state index in [2.05, 4.69) is 18.7 Å². The molecule has 0 amide bonds. The van der Waals surface area contributed by atoms with E-state index in [1.807, 2.05) is 0 Å². The first-order chi connectivity index (χ1) is 9.79. The molecule has 1 fully saturated rings. The molecule has 1 atom stereocenters. The summed E-state index contributed by atoms with van der Waals surface area (Å²) in [6, 6.07) is 0.846. The van der Waals surface area contributed by atoms with Crippen molar-refractivity contribution >= 4 is 0 Å². The molecule has 0 unspecified atom stereocenters. The normalized spacial score (nSPS) is 17.7. The van der Waals surface area contributed by atoms with Crippen LogP contribution in [0.3, 0.4) is 0 Å². The highest BCUT2D eigenvalue weighted by Gasteiger charge is 2.40. The van der Waals surface area contributed by atoms with Gasteiger partial charge in [0.25, 0.3) is 0 Å². The molecule has 1 saturated heterocycles. The van der Waals surface area contributed by atoms with Crippen molar-refractivity contribution in [2.24, 2.45) is 0 Å². The quantitative estimate of drug-likeness (QED) is 0.433. The fourth-order valence-electron chi connectivity index (χ4n) is 2.41. The van der Waals surface area contributed by atoms with E-state index < -0.39 is 12.6 Å². The van der Waals surface area contributed by atoms with Gasteiger partial charge < -0.3 is 4.90 Å². The summed E-state index contributed by atoms with van der Waals surface area (Å²) in [5.41, 5.74) is 0. The van der Waals surface area contributed by atoms with Crippen LogP contribution in [0.2, 0.25) is 0 Å². The van der Waals surface area contributed by atoms with Crippen LogP contribution in [0.15, 0.2) is 0 Å². The van der Waals surface area contributed by atoms with E-state index in [4.69, 9.17) is 0 Å². The predicted octanol–water partition coefficient (Wildman–Crippen LogP) is 5.65. The Labute approximate surface area is 124 Å². The summed E-state index contributed by atoms with van der Waals surface area (Å²) >= 11 is 0. The molecule has 128 valence electrons. The Hall–Kier alpha value is -0.390. The molecular weight excluding hydrogens is 289 g/mol. The van der Waals surface area contributed by atoms with Gasteiger partial charge in [0, 0.05) is 6.04 Å². The molecule has 21 heavy (non-hydrogen) atoms. The SMILES string of the molecule is CCCCCCC[C@H](C)N1CCCC1.FC(F)C(F)(F)F. The van der Waals surface area contributed by atoms with Crippen LogP contribution in [0.25, 0.3) is 0 Å². The van der Waals surface area contributed by atoms with Gasteiger partial charge in [-0.3, -0.25) is 0 Å². The summed E-state index contributed by atoms with van der Waals surface area (Å²) in [4.78, 5) is 2.67. The highest BCUT2D eigenvalue weighted by Crippen LogP contribution is 2.23. The van der Waals surface area contributed by atoms with Crippen LogP contribution >= 0.6 is 0 Å². The lowest BCUT2D eigenvalue weighted by Gasteiger charge is -2.23. The Balaban J connectivity index is 0.000000486. The van der Waals surface area contributed by atoms with Gasteiger partial charge in [-0.1, -0.05) is 39.0 Å². The second kappa shape index (κ2) is 11.2. The van der Waals surface area contributed by atoms with Crippen molar-refractivity contribution in [3.8, 4) is 0 Å². The molecule has 0 bridgehead atoms. The van der Waals surface area contributed by atoms with Crippen LogP contribution in [0.4, 0.5) is 22.0 Å². The zero-order valence-corrected chi connectivity index (χ0v) is 13.1. The summed E-state index contributed by atoms with van der Waals surface area (Å²) in [5.74, 6) is 0. The average molecular weight is 317 g/mol. The van der Waals surface area contributed by atoms with E-state index in [-0.39, 0.29) is 0 Å². The smallest absolute Gasteiger partial charge is 0.301 e. The monoisotopic (exact) mass is 317 g/mol. The van der Waals surface area contributed by atoms with E-state index in [0.29, 0.717) is 0 Å².